The van der Waals surface area contributed by atoms with Crippen LogP contribution < -0.4 is 5.32 Å². The Labute approximate surface area is 115 Å². The fourth-order valence-electron chi connectivity index (χ4n) is 1.97. The van der Waals surface area contributed by atoms with Gasteiger partial charge in [-0.15, -0.1) is 0 Å². The van der Waals surface area contributed by atoms with Crippen LogP contribution in [0.2, 0.25) is 5.02 Å². The van der Waals surface area contributed by atoms with E-state index in [0.717, 1.165) is 0 Å². The number of nitrogens with zero attached hydrogens (tertiary/aromatic N) is 2. The summed E-state index contributed by atoms with van der Waals surface area (Å²) in [5.74, 6) is -0.537. The minimum Gasteiger partial charge on any atom is -0.481 e. The lowest BCUT2D eigenvalue weighted by molar-refractivity contribution is -0.146. The zero-order valence-electron chi connectivity index (χ0n) is 10.4. The normalized spacial score (nSPS) is 22.3. The fourth-order valence-corrected chi connectivity index (χ4v) is 2.13. The number of halogens is 1. The predicted octanol–water partition coefficient (Wildman–Crippen LogP) is 2.06. The number of aliphatic carboxylic acids is 1. The van der Waals surface area contributed by atoms with E-state index in [0.29, 0.717) is 23.8 Å². The number of carbonyl (C=O) groups is 2. The summed E-state index contributed by atoms with van der Waals surface area (Å²) in [5.41, 5.74) is -0.876. The lowest BCUT2D eigenvalue weighted by Gasteiger charge is -2.20. The van der Waals surface area contributed by atoms with E-state index in [1.165, 1.54) is 17.2 Å². The topological polar surface area (TPSA) is 82.5 Å². The van der Waals surface area contributed by atoms with E-state index in [-0.39, 0.29) is 12.6 Å². The number of carboxylic acid groups (broad SMARTS) is 1. The van der Waals surface area contributed by atoms with Crippen LogP contribution in [-0.4, -0.2) is 40.1 Å². The highest BCUT2D eigenvalue weighted by Gasteiger charge is 2.42. The summed E-state index contributed by atoms with van der Waals surface area (Å²) in [6, 6.07) is 2.78. The first-order valence-electron chi connectivity index (χ1n) is 5.82. The Morgan fingerprint density at radius 2 is 2.32 bits per heavy atom. The summed E-state index contributed by atoms with van der Waals surface area (Å²) in [6.07, 6.45) is 1.93. The first-order valence-corrected chi connectivity index (χ1v) is 6.19. The maximum Gasteiger partial charge on any atom is 0.323 e. The number of urea groups is 1. The molecule has 0 bridgehead atoms. The Bertz CT molecular complexity index is 523. The van der Waals surface area contributed by atoms with Crippen LogP contribution in [0.15, 0.2) is 18.3 Å². The lowest BCUT2D eigenvalue weighted by Crippen LogP contribution is -2.37. The van der Waals surface area contributed by atoms with E-state index in [9.17, 15) is 9.59 Å². The van der Waals surface area contributed by atoms with Gasteiger partial charge in [0, 0.05) is 24.3 Å². The second-order valence-corrected chi connectivity index (χ2v) is 5.26. The Morgan fingerprint density at radius 3 is 2.89 bits per heavy atom. The van der Waals surface area contributed by atoms with Crippen LogP contribution in [0.5, 0.6) is 0 Å². The van der Waals surface area contributed by atoms with E-state index in [4.69, 9.17) is 16.7 Å². The van der Waals surface area contributed by atoms with E-state index in [1.807, 2.05) is 0 Å². The summed E-state index contributed by atoms with van der Waals surface area (Å²) >= 11 is 5.79. The van der Waals surface area contributed by atoms with Crippen molar-refractivity contribution in [2.75, 3.05) is 18.4 Å². The molecule has 1 aliphatic heterocycles. The zero-order valence-corrected chi connectivity index (χ0v) is 11.1. The molecule has 1 aliphatic rings. The molecule has 0 saturated carbocycles. The molecule has 0 radical (unpaired) electrons. The SMILES string of the molecule is CC1(C(=O)O)CCN(C(=O)Nc2cc(Cl)ccn2)C1. The molecule has 1 aromatic rings. The number of nitrogens with one attached hydrogen (secondary N) is 1. The van der Waals surface area contributed by atoms with Gasteiger partial charge in [0.15, 0.2) is 0 Å². The molecular weight excluding hydrogens is 270 g/mol. The molecule has 0 spiro atoms. The Kier molecular flexibility index (Phi) is 3.61. The first kappa shape index (κ1) is 13.6. The third-order valence-electron chi connectivity index (χ3n) is 3.23. The molecular formula is C12H14ClN3O3. The molecule has 2 rings (SSSR count). The molecule has 2 heterocycles. The maximum atomic E-state index is 12.0. The molecule has 2 amide bonds. The number of hydrogen-bond donors (Lipinski definition) is 2. The summed E-state index contributed by atoms with van der Waals surface area (Å²) in [7, 11) is 0. The average molecular weight is 284 g/mol. The third-order valence-corrected chi connectivity index (χ3v) is 3.47. The van der Waals surface area contributed by atoms with Crippen molar-refractivity contribution >= 4 is 29.4 Å². The van der Waals surface area contributed by atoms with Crippen molar-refractivity contribution in [2.24, 2.45) is 5.41 Å². The molecule has 1 atom stereocenters. The second-order valence-electron chi connectivity index (χ2n) is 4.83. The molecule has 2 N–H and O–H groups in total. The van der Waals surface area contributed by atoms with Crippen LogP contribution in [-0.2, 0) is 4.79 Å². The molecule has 0 aromatic carbocycles. The number of aromatic nitrogens is 1. The van der Waals surface area contributed by atoms with Crippen LogP contribution in [0.4, 0.5) is 10.6 Å². The van der Waals surface area contributed by atoms with E-state index >= 15 is 0 Å². The highest BCUT2D eigenvalue weighted by molar-refractivity contribution is 6.30. The highest BCUT2D eigenvalue weighted by Crippen LogP contribution is 2.30. The number of anilines is 1. The van der Waals surface area contributed by atoms with Gasteiger partial charge >= 0.3 is 12.0 Å². The van der Waals surface area contributed by atoms with Crippen molar-refractivity contribution in [3.8, 4) is 0 Å². The summed E-state index contributed by atoms with van der Waals surface area (Å²) in [6.45, 7) is 2.24. The standard InChI is InChI=1S/C12H14ClN3O3/c1-12(10(17)18)3-5-16(7-12)11(19)15-9-6-8(13)2-4-14-9/h2,4,6H,3,5,7H2,1H3,(H,17,18)(H,14,15,19). The maximum absolute atomic E-state index is 12.0. The molecule has 1 fully saturated rings. The smallest absolute Gasteiger partial charge is 0.323 e. The monoisotopic (exact) mass is 283 g/mol. The molecule has 102 valence electrons. The van der Waals surface area contributed by atoms with Crippen molar-refractivity contribution < 1.29 is 14.7 Å². The van der Waals surface area contributed by atoms with Gasteiger partial charge in [0.25, 0.3) is 0 Å². The van der Waals surface area contributed by atoms with Crippen molar-refractivity contribution in [3.63, 3.8) is 0 Å². The van der Waals surface area contributed by atoms with Gasteiger partial charge in [0.2, 0.25) is 0 Å². The number of likely N-dealkylation sites (tertiary alicyclic amines) is 1. The fraction of sp³-hybridized carbons (Fsp3) is 0.417. The van der Waals surface area contributed by atoms with E-state index in [2.05, 4.69) is 10.3 Å². The number of pyridine rings is 1. The Hall–Kier alpha value is -1.82. The zero-order chi connectivity index (χ0) is 14.0. The summed E-state index contributed by atoms with van der Waals surface area (Å²) in [4.78, 5) is 28.5. The number of amides is 2. The number of hydrogen-bond acceptors (Lipinski definition) is 3. The van der Waals surface area contributed by atoms with Crippen LogP contribution in [0.25, 0.3) is 0 Å². The molecule has 19 heavy (non-hydrogen) atoms. The van der Waals surface area contributed by atoms with Gasteiger partial charge < -0.3 is 10.0 Å². The minimum atomic E-state index is -0.885. The molecule has 7 heteroatoms. The van der Waals surface area contributed by atoms with Crippen LogP contribution in [0.1, 0.15) is 13.3 Å². The average Bonchev–Trinajstić information content (AvgIpc) is 2.73. The molecule has 1 unspecified atom stereocenters. The van der Waals surface area contributed by atoms with Crippen molar-refractivity contribution in [1.29, 1.82) is 0 Å². The molecule has 6 nitrogen and oxygen atoms in total. The largest absolute Gasteiger partial charge is 0.481 e. The molecule has 1 saturated heterocycles. The van der Waals surface area contributed by atoms with Crippen molar-refractivity contribution in [2.45, 2.75) is 13.3 Å². The number of carbonyl (C=O) groups excluding carboxylic acids is 1. The lowest BCUT2D eigenvalue weighted by atomic mass is 9.90. The molecule has 0 aliphatic carbocycles. The number of carboxylic acids is 1. The van der Waals surface area contributed by atoms with Crippen LogP contribution >= 0.6 is 11.6 Å². The van der Waals surface area contributed by atoms with E-state index in [1.54, 1.807) is 13.0 Å². The quantitative estimate of drug-likeness (QED) is 0.870. The first-order chi connectivity index (χ1) is 8.90. The van der Waals surface area contributed by atoms with Gasteiger partial charge in [0.1, 0.15) is 5.82 Å². The number of rotatable bonds is 2. The van der Waals surface area contributed by atoms with Crippen molar-refractivity contribution in [1.82, 2.24) is 9.88 Å². The van der Waals surface area contributed by atoms with Gasteiger partial charge in [-0.25, -0.2) is 9.78 Å². The van der Waals surface area contributed by atoms with Crippen LogP contribution in [0, 0.1) is 5.41 Å². The van der Waals surface area contributed by atoms with Gasteiger partial charge in [-0.05, 0) is 25.5 Å². The van der Waals surface area contributed by atoms with Gasteiger partial charge in [-0.1, -0.05) is 11.6 Å². The van der Waals surface area contributed by atoms with Gasteiger partial charge in [-0.3, -0.25) is 10.1 Å². The van der Waals surface area contributed by atoms with Gasteiger partial charge in [-0.2, -0.15) is 0 Å². The third kappa shape index (κ3) is 2.96. The minimum absolute atomic E-state index is 0.189. The van der Waals surface area contributed by atoms with Crippen molar-refractivity contribution in [3.05, 3.63) is 23.4 Å². The van der Waals surface area contributed by atoms with Gasteiger partial charge in [0.05, 0.1) is 5.41 Å². The summed E-state index contributed by atoms with van der Waals surface area (Å²) in [5, 5.41) is 12.2. The molecule has 1 aromatic heterocycles. The highest BCUT2D eigenvalue weighted by atomic mass is 35.5. The van der Waals surface area contributed by atoms with E-state index < -0.39 is 11.4 Å². The second kappa shape index (κ2) is 5.05. The predicted molar refractivity (Wildman–Crippen MR) is 70.2 cm³/mol. The Morgan fingerprint density at radius 1 is 1.58 bits per heavy atom. The Balaban J connectivity index is 2.01. The van der Waals surface area contributed by atoms with Crippen LogP contribution in [0.3, 0.4) is 0 Å². The summed E-state index contributed by atoms with van der Waals surface area (Å²) < 4.78 is 0.